The first-order valence-electron chi connectivity index (χ1n) is 15.5. The maximum Gasteiger partial charge on any atom is 0.0702 e. The molecule has 0 amide bonds. The topological polar surface area (TPSA) is 7.65 Å². The van der Waals surface area contributed by atoms with E-state index in [1.165, 1.54) is 88.4 Å². The minimum absolute atomic E-state index is 0.351. The van der Waals surface area contributed by atoms with Crippen molar-refractivity contribution in [2.75, 3.05) is 4.90 Å². The maximum atomic E-state index is 2.58. The zero-order chi connectivity index (χ0) is 28.5. The number of aromatic nitrogens is 1. The van der Waals surface area contributed by atoms with Crippen LogP contribution in [0.5, 0.6) is 0 Å². The van der Waals surface area contributed by atoms with Crippen molar-refractivity contribution in [2.24, 2.45) is 0 Å². The van der Waals surface area contributed by atoms with Crippen LogP contribution in [0.1, 0.15) is 17.0 Å². The van der Waals surface area contributed by atoms with E-state index in [1.54, 1.807) is 0 Å². The van der Waals surface area contributed by atoms with Crippen molar-refractivity contribution in [3.05, 3.63) is 157 Å². The SMILES string of the molecule is C1=CC2c3cc(-c4cc5c6ccccc6n6c7ccc(-c8ccccc8)cc7c(c4)c56)ccc3N3c4ccccc4C(=C1)C23. The van der Waals surface area contributed by atoms with Gasteiger partial charge in [-0.2, -0.15) is 0 Å². The largest absolute Gasteiger partial charge is 0.332 e. The molecule has 0 bridgehead atoms. The van der Waals surface area contributed by atoms with Gasteiger partial charge in [0.15, 0.2) is 0 Å². The average Bonchev–Trinajstić information content (AvgIpc) is 3.81. The molecule has 6 aromatic carbocycles. The Morgan fingerprint density at radius 3 is 2.16 bits per heavy atom. The third-order valence-electron chi connectivity index (χ3n) is 10.4. The molecular weight excluding hydrogens is 532 g/mol. The Labute approximate surface area is 254 Å². The van der Waals surface area contributed by atoms with Crippen LogP contribution < -0.4 is 4.90 Å². The monoisotopic (exact) mass is 558 g/mol. The van der Waals surface area contributed by atoms with Gasteiger partial charge in [-0.05, 0) is 81.9 Å². The number of allylic oxidation sites excluding steroid dienone is 2. The Bertz CT molecular complexity index is 2560. The van der Waals surface area contributed by atoms with E-state index in [4.69, 9.17) is 0 Å². The Balaban J connectivity index is 1.16. The predicted molar refractivity (Wildman–Crippen MR) is 184 cm³/mol. The highest BCUT2D eigenvalue weighted by molar-refractivity contribution is 6.24. The van der Waals surface area contributed by atoms with Gasteiger partial charge >= 0.3 is 0 Å². The Hall–Kier alpha value is -5.60. The number of nitrogens with zero attached hydrogens (tertiary/aromatic N) is 2. The third-order valence-corrected chi connectivity index (χ3v) is 10.4. The van der Waals surface area contributed by atoms with Crippen molar-refractivity contribution in [2.45, 2.75) is 12.0 Å². The Morgan fingerprint density at radius 2 is 1.23 bits per heavy atom. The van der Waals surface area contributed by atoms with E-state index in [1.807, 2.05) is 0 Å². The van der Waals surface area contributed by atoms with Crippen molar-refractivity contribution in [1.82, 2.24) is 4.40 Å². The summed E-state index contributed by atoms with van der Waals surface area (Å²) in [7, 11) is 0. The molecule has 2 nitrogen and oxygen atoms in total. The number of benzene rings is 6. The van der Waals surface area contributed by atoms with E-state index in [-0.39, 0.29) is 0 Å². The van der Waals surface area contributed by atoms with E-state index >= 15 is 0 Å². The second-order valence-corrected chi connectivity index (χ2v) is 12.5. The highest BCUT2D eigenvalue weighted by Gasteiger charge is 2.46. The van der Waals surface area contributed by atoms with Gasteiger partial charge < -0.3 is 9.30 Å². The smallest absolute Gasteiger partial charge is 0.0702 e. The van der Waals surface area contributed by atoms with Gasteiger partial charge in [-0.15, -0.1) is 0 Å². The second kappa shape index (κ2) is 8.06. The van der Waals surface area contributed by atoms with Gasteiger partial charge in [0.05, 0.1) is 22.6 Å². The molecule has 204 valence electrons. The van der Waals surface area contributed by atoms with E-state index in [2.05, 4.69) is 155 Å². The first kappa shape index (κ1) is 22.9. The van der Waals surface area contributed by atoms with Crippen LogP contribution >= 0.6 is 0 Å². The minimum atomic E-state index is 0.351. The molecule has 0 fully saturated rings. The number of para-hydroxylation sites is 2. The quantitative estimate of drug-likeness (QED) is 0.205. The molecule has 1 aliphatic carbocycles. The van der Waals surface area contributed by atoms with Gasteiger partial charge in [-0.1, -0.05) is 97.1 Å². The summed E-state index contributed by atoms with van der Waals surface area (Å²) >= 11 is 0. The molecule has 2 aliphatic heterocycles. The summed E-state index contributed by atoms with van der Waals surface area (Å²) in [6.07, 6.45) is 6.99. The van der Waals surface area contributed by atoms with Crippen molar-refractivity contribution in [3.63, 3.8) is 0 Å². The van der Waals surface area contributed by atoms with Crippen molar-refractivity contribution < 1.29 is 0 Å². The first-order valence-corrected chi connectivity index (χ1v) is 15.5. The van der Waals surface area contributed by atoms with Crippen molar-refractivity contribution in [1.29, 1.82) is 0 Å². The molecule has 11 rings (SSSR count). The van der Waals surface area contributed by atoms with Gasteiger partial charge in [0.25, 0.3) is 0 Å². The van der Waals surface area contributed by atoms with E-state index in [0.717, 1.165) is 0 Å². The van der Waals surface area contributed by atoms with E-state index in [0.29, 0.717) is 12.0 Å². The molecule has 8 aromatic rings. The Kier molecular flexibility index (Phi) is 4.20. The van der Waals surface area contributed by atoms with Crippen LogP contribution in [-0.4, -0.2) is 10.4 Å². The molecular formula is C42H26N2. The molecule has 44 heavy (non-hydrogen) atoms. The standard InChI is InChI=1S/C42H26N2/c1-2-9-25(10-3-1)26-17-19-40-34(21-26)36-24-28(23-35-30-12-5-7-16-38(30)44(40)42(35)36)27-18-20-39-33(22-27)32-14-8-13-31-29-11-4-6-15-37(29)43(39)41(31)32/h1-24,32,41H. The number of hydrogen-bond donors (Lipinski definition) is 0. The summed E-state index contributed by atoms with van der Waals surface area (Å²) in [6, 6.07) is 47.8. The summed E-state index contributed by atoms with van der Waals surface area (Å²) in [4.78, 5) is 2.58. The van der Waals surface area contributed by atoms with Crippen molar-refractivity contribution >= 4 is 55.0 Å². The Morgan fingerprint density at radius 1 is 0.500 bits per heavy atom. The fourth-order valence-corrected chi connectivity index (χ4v) is 8.55. The normalized spacial score (nSPS) is 18.0. The predicted octanol–water partition coefficient (Wildman–Crippen LogP) is 10.7. The van der Waals surface area contributed by atoms with Crippen molar-refractivity contribution in [3.8, 4) is 22.3 Å². The summed E-state index contributed by atoms with van der Waals surface area (Å²) in [5.41, 5.74) is 15.8. The number of anilines is 2. The maximum absolute atomic E-state index is 2.58. The van der Waals surface area contributed by atoms with Gasteiger partial charge in [0.1, 0.15) is 0 Å². The van der Waals surface area contributed by atoms with Gasteiger partial charge in [0, 0.05) is 44.4 Å². The van der Waals surface area contributed by atoms with Gasteiger partial charge in [-0.3, -0.25) is 0 Å². The molecule has 2 heteroatoms. The summed E-state index contributed by atoms with van der Waals surface area (Å²) in [6.45, 7) is 0. The lowest BCUT2D eigenvalue weighted by Crippen LogP contribution is -2.25. The van der Waals surface area contributed by atoms with E-state index in [9.17, 15) is 0 Å². The molecule has 0 saturated heterocycles. The fraction of sp³-hybridized carbons (Fsp3) is 0.0476. The number of rotatable bonds is 2. The molecule has 0 saturated carbocycles. The van der Waals surface area contributed by atoms with Crippen LogP contribution in [0.4, 0.5) is 11.4 Å². The third kappa shape index (κ3) is 2.77. The van der Waals surface area contributed by atoms with Crippen LogP contribution in [0.25, 0.3) is 65.9 Å². The molecule has 4 heterocycles. The summed E-state index contributed by atoms with van der Waals surface area (Å²) in [5, 5.41) is 5.26. The second-order valence-electron chi connectivity index (χ2n) is 12.5. The van der Waals surface area contributed by atoms with Crippen LogP contribution in [0.15, 0.2) is 146 Å². The molecule has 2 atom stereocenters. The molecule has 2 aromatic heterocycles. The summed E-state index contributed by atoms with van der Waals surface area (Å²) in [5.74, 6) is 0.354. The molecule has 3 aliphatic rings. The lowest BCUT2D eigenvalue weighted by molar-refractivity contribution is 0.781. The molecule has 0 spiro atoms. The lowest BCUT2D eigenvalue weighted by atomic mass is 9.84. The fourth-order valence-electron chi connectivity index (χ4n) is 8.55. The van der Waals surface area contributed by atoms with E-state index < -0.39 is 0 Å². The average molecular weight is 559 g/mol. The summed E-state index contributed by atoms with van der Waals surface area (Å²) < 4.78 is 2.48. The van der Waals surface area contributed by atoms with Crippen LogP contribution in [0, 0.1) is 0 Å². The first-order chi connectivity index (χ1) is 21.8. The van der Waals surface area contributed by atoms with Crippen LogP contribution in [0.2, 0.25) is 0 Å². The van der Waals surface area contributed by atoms with Gasteiger partial charge in [0.2, 0.25) is 0 Å². The minimum Gasteiger partial charge on any atom is -0.332 e. The van der Waals surface area contributed by atoms with Crippen LogP contribution in [-0.2, 0) is 0 Å². The van der Waals surface area contributed by atoms with Gasteiger partial charge in [-0.25, -0.2) is 0 Å². The zero-order valence-electron chi connectivity index (χ0n) is 23.9. The molecule has 0 N–H and O–H groups in total. The molecule has 0 radical (unpaired) electrons. The highest BCUT2D eigenvalue weighted by atomic mass is 15.2. The highest BCUT2D eigenvalue weighted by Crippen LogP contribution is 2.58. The number of hydrogen-bond acceptors (Lipinski definition) is 1. The molecule has 2 unspecified atom stereocenters. The zero-order valence-corrected chi connectivity index (χ0v) is 23.9. The van der Waals surface area contributed by atoms with Crippen LogP contribution in [0.3, 0.4) is 0 Å². The lowest BCUT2D eigenvalue weighted by Gasteiger charge is -2.24. The number of fused-ring (bicyclic) bond motifs is 12.